The predicted octanol–water partition coefficient (Wildman–Crippen LogP) is 5.26. The Morgan fingerprint density at radius 2 is 2.03 bits per heavy atom. The Balaban J connectivity index is 1.24. The summed E-state index contributed by atoms with van der Waals surface area (Å²) in [5, 5.41) is 2.95. The van der Waals surface area contributed by atoms with Gasteiger partial charge in [0.15, 0.2) is 0 Å². The second-order valence-electron chi connectivity index (χ2n) is 11.3. The van der Waals surface area contributed by atoms with E-state index in [1.165, 1.54) is 11.1 Å². The van der Waals surface area contributed by atoms with Crippen molar-refractivity contribution in [1.29, 1.82) is 0 Å². The van der Waals surface area contributed by atoms with Crippen LogP contribution in [-0.4, -0.2) is 39.1 Å². The first-order valence-electron chi connectivity index (χ1n) is 13.2. The van der Waals surface area contributed by atoms with Crippen LogP contribution < -0.4 is 5.32 Å². The number of hydrogen-bond donors (Lipinski definition) is 1. The first kappa shape index (κ1) is 24.8. The SMILES string of the molecule is CC(C)(CCl)C(=O)N(CC=Cc1cnc2c(c1)C[C@@]1(C2)C(=O)Nc2ncccc21)[C@@H]1CCc2ccccc21. The molecule has 0 unspecified atom stereocenters. The Kier molecular flexibility index (Phi) is 6.10. The summed E-state index contributed by atoms with van der Waals surface area (Å²) in [6.07, 6.45) is 10.7. The van der Waals surface area contributed by atoms with Gasteiger partial charge in [0.05, 0.1) is 16.9 Å². The number of nitrogens with zero attached hydrogens (tertiary/aromatic N) is 3. The zero-order valence-corrected chi connectivity index (χ0v) is 22.5. The Bertz CT molecular complexity index is 1470. The maximum atomic E-state index is 13.6. The van der Waals surface area contributed by atoms with Gasteiger partial charge < -0.3 is 10.2 Å². The second kappa shape index (κ2) is 9.35. The third-order valence-corrected chi connectivity index (χ3v) is 8.96. The average molecular weight is 527 g/mol. The lowest BCUT2D eigenvalue weighted by Crippen LogP contribution is -2.43. The third kappa shape index (κ3) is 4.02. The first-order valence-corrected chi connectivity index (χ1v) is 13.7. The van der Waals surface area contributed by atoms with E-state index >= 15 is 0 Å². The lowest BCUT2D eigenvalue weighted by atomic mass is 9.80. The van der Waals surface area contributed by atoms with Gasteiger partial charge in [0.25, 0.3) is 0 Å². The van der Waals surface area contributed by atoms with Crippen molar-refractivity contribution in [1.82, 2.24) is 14.9 Å². The van der Waals surface area contributed by atoms with Crippen LogP contribution in [-0.2, 0) is 34.3 Å². The highest BCUT2D eigenvalue weighted by atomic mass is 35.5. The molecule has 3 aromatic rings. The number of halogens is 1. The zero-order chi connectivity index (χ0) is 26.5. The van der Waals surface area contributed by atoms with E-state index in [-0.39, 0.29) is 23.7 Å². The number of carbonyl (C=O) groups is 2. The third-order valence-electron chi connectivity index (χ3n) is 8.30. The highest BCUT2D eigenvalue weighted by Gasteiger charge is 2.51. The molecule has 3 aliphatic rings. The van der Waals surface area contributed by atoms with Gasteiger partial charge in [0, 0.05) is 42.5 Å². The van der Waals surface area contributed by atoms with Gasteiger partial charge in [-0.15, -0.1) is 11.6 Å². The fourth-order valence-electron chi connectivity index (χ4n) is 6.18. The van der Waals surface area contributed by atoms with Gasteiger partial charge in [-0.2, -0.15) is 0 Å². The van der Waals surface area contributed by atoms with E-state index in [0.717, 1.165) is 35.2 Å². The van der Waals surface area contributed by atoms with E-state index in [9.17, 15) is 9.59 Å². The standard InChI is InChI=1S/C31H31ClN4O2/c1-30(2,19-32)29(38)36(26-12-11-21-8-3-4-9-23(21)26)14-6-7-20-15-22-16-31(17-25(22)34-18-20)24-10-5-13-33-27(24)35-28(31)37/h3-10,13,15,18,26H,11-12,14,16-17,19H2,1-2H3,(H,33,35,37)/t26-,31+/m1/s1. The summed E-state index contributed by atoms with van der Waals surface area (Å²) in [5.74, 6) is 0.980. The van der Waals surface area contributed by atoms with Gasteiger partial charge in [-0.3, -0.25) is 14.6 Å². The van der Waals surface area contributed by atoms with Crippen LogP contribution in [0.25, 0.3) is 6.08 Å². The number of alkyl halides is 1. The van der Waals surface area contributed by atoms with Gasteiger partial charge >= 0.3 is 0 Å². The molecule has 1 N–H and O–H groups in total. The number of carbonyl (C=O) groups excluding carboxylic acids is 2. The number of amides is 2. The van der Waals surface area contributed by atoms with Crippen LogP contribution in [0.3, 0.4) is 0 Å². The minimum absolute atomic E-state index is 0.00537. The van der Waals surface area contributed by atoms with E-state index in [1.54, 1.807) is 6.20 Å². The number of benzene rings is 1. The lowest BCUT2D eigenvalue weighted by molar-refractivity contribution is -0.141. The highest BCUT2D eigenvalue weighted by Crippen LogP contribution is 2.46. The fourth-order valence-corrected chi connectivity index (χ4v) is 6.30. The van der Waals surface area contributed by atoms with E-state index in [4.69, 9.17) is 16.6 Å². The average Bonchev–Trinajstić information content (AvgIpc) is 3.60. The van der Waals surface area contributed by atoms with Gasteiger partial charge in [-0.1, -0.05) is 42.5 Å². The van der Waals surface area contributed by atoms with Crippen molar-refractivity contribution < 1.29 is 9.59 Å². The molecule has 2 atom stereocenters. The zero-order valence-electron chi connectivity index (χ0n) is 21.7. The molecule has 0 saturated carbocycles. The highest BCUT2D eigenvalue weighted by molar-refractivity contribution is 6.19. The molecule has 2 aliphatic carbocycles. The van der Waals surface area contributed by atoms with Crippen molar-refractivity contribution in [3.63, 3.8) is 0 Å². The topological polar surface area (TPSA) is 75.2 Å². The van der Waals surface area contributed by atoms with Gasteiger partial charge in [0.2, 0.25) is 11.8 Å². The summed E-state index contributed by atoms with van der Waals surface area (Å²) in [4.78, 5) is 37.7. The minimum atomic E-state index is -0.649. The van der Waals surface area contributed by atoms with Crippen molar-refractivity contribution in [2.45, 2.75) is 51.0 Å². The van der Waals surface area contributed by atoms with Crippen LogP contribution in [0.1, 0.15) is 59.8 Å². The van der Waals surface area contributed by atoms with Crippen molar-refractivity contribution in [3.8, 4) is 0 Å². The maximum Gasteiger partial charge on any atom is 0.237 e. The summed E-state index contributed by atoms with van der Waals surface area (Å²) >= 11 is 6.21. The molecule has 6 nitrogen and oxygen atoms in total. The molecule has 2 aromatic heterocycles. The van der Waals surface area contributed by atoms with E-state index in [0.29, 0.717) is 25.2 Å². The summed E-state index contributed by atoms with van der Waals surface area (Å²) in [6.45, 7) is 4.31. The number of nitrogens with one attached hydrogen (secondary N) is 1. The molecule has 1 spiro atoms. The number of aryl methyl sites for hydroxylation is 1. The van der Waals surface area contributed by atoms with Crippen LogP contribution in [0.2, 0.25) is 0 Å². The first-order chi connectivity index (χ1) is 18.3. The summed E-state index contributed by atoms with van der Waals surface area (Å²) < 4.78 is 0. The molecule has 6 rings (SSSR count). The molecular weight excluding hydrogens is 496 g/mol. The van der Waals surface area contributed by atoms with E-state index < -0.39 is 10.8 Å². The molecule has 0 fully saturated rings. The number of rotatable bonds is 6. The van der Waals surface area contributed by atoms with Crippen molar-refractivity contribution >= 4 is 35.3 Å². The molecule has 7 heteroatoms. The monoisotopic (exact) mass is 526 g/mol. The normalized spacial score (nSPS) is 21.4. The van der Waals surface area contributed by atoms with Crippen molar-refractivity contribution in [2.75, 3.05) is 17.7 Å². The largest absolute Gasteiger partial charge is 0.331 e. The Hall–Kier alpha value is -3.51. The maximum absolute atomic E-state index is 13.6. The number of hydrogen-bond acceptors (Lipinski definition) is 4. The van der Waals surface area contributed by atoms with Crippen LogP contribution in [0.4, 0.5) is 5.82 Å². The van der Waals surface area contributed by atoms with Crippen LogP contribution in [0.5, 0.6) is 0 Å². The van der Waals surface area contributed by atoms with Gasteiger partial charge in [-0.05, 0) is 67.5 Å². The Morgan fingerprint density at radius 3 is 2.87 bits per heavy atom. The van der Waals surface area contributed by atoms with E-state index in [2.05, 4.69) is 34.6 Å². The van der Waals surface area contributed by atoms with Gasteiger partial charge in [-0.25, -0.2) is 4.98 Å². The van der Waals surface area contributed by atoms with E-state index in [1.807, 2.05) is 55.3 Å². The molecule has 0 bridgehead atoms. The predicted molar refractivity (Wildman–Crippen MR) is 149 cm³/mol. The molecular formula is C31H31ClN4O2. The second-order valence-corrected chi connectivity index (χ2v) is 11.6. The quantitative estimate of drug-likeness (QED) is 0.445. The summed E-state index contributed by atoms with van der Waals surface area (Å²) in [5.41, 5.74) is 5.21. The minimum Gasteiger partial charge on any atom is -0.331 e. The summed E-state index contributed by atoms with van der Waals surface area (Å²) in [6, 6.07) is 14.4. The molecule has 1 aliphatic heterocycles. The number of pyridine rings is 2. The van der Waals surface area contributed by atoms with Crippen LogP contribution in [0.15, 0.2) is 60.9 Å². The smallest absolute Gasteiger partial charge is 0.237 e. The van der Waals surface area contributed by atoms with Gasteiger partial charge in [0.1, 0.15) is 5.82 Å². The number of aromatic nitrogens is 2. The lowest BCUT2D eigenvalue weighted by Gasteiger charge is -2.35. The van der Waals surface area contributed by atoms with Crippen LogP contribution in [0, 0.1) is 5.41 Å². The molecule has 194 valence electrons. The molecule has 3 heterocycles. The van der Waals surface area contributed by atoms with Crippen molar-refractivity contribution in [2.24, 2.45) is 5.41 Å². The number of anilines is 1. The Morgan fingerprint density at radius 1 is 1.18 bits per heavy atom. The van der Waals surface area contributed by atoms with Crippen LogP contribution >= 0.6 is 11.6 Å². The molecule has 2 amide bonds. The summed E-state index contributed by atoms with van der Waals surface area (Å²) in [7, 11) is 0. The molecule has 38 heavy (non-hydrogen) atoms. The molecule has 1 aromatic carbocycles. The fraction of sp³-hybridized carbons (Fsp3) is 0.355. The molecule has 0 saturated heterocycles. The van der Waals surface area contributed by atoms with Crippen molar-refractivity contribution in [3.05, 3.63) is 94.4 Å². The Labute approximate surface area is 228 Å². The number of fused-ring (bicyclic) bond motifs is 4. The molecule has 0 radical (unpaired) electrons.